The molecular formula is C27H38N2O3S. The van der Waals surface area contributed by atoms with Gasteiger partial charge in [-0.2, -0.15) is 0 Å². The molecule has 0 bridgehead atoms. The van der Waals surface area contributed by atoms with E-state index in [1.54, 1.807) is 0 Å². The Labute approximate surface area is 202 Å². The quantitative estimate of drug-likeness (QED) is 0.519. The Kier molecular flexibility index (Phi) is 8.01. The summed E-state index contributed by atoms with van der Waals surface area (Å²) in [6.45, 7) is 13.5. The van der Waals surface area contributed by atoms with Gasteiger partial charge in [0, 0.05) is 11.4 Å². The molecule has 1 aliphatic rings. The van der Waals surface area contributed by atoms with Gasteiger partial charge in [-0.25, -0.2) is 4.79 Å². The van der Waals surface area contributed by atoms with Crippen LogP contribution < -0.4 is 5.32 Å². The number of benzene rings is 1. The van der Waals surface area contributed by atoms with Crippen molar-refractivity contribution in [1.82, 2.24) is 4.90 Å². The summed E-state index contributed by atoms with van der Waals surface area (Å²) in [4.78, 5) is 29.1. The zero-order valence-electron chi connectivity index (χ0n) is 21.1. The minimum absolute atomic E-state index is 0.110. The normalized spacial score (nSPS) is 16.9. The van der Waals surface area contributed by atoms with Crippen LogP contribution in [0.25, 0.3) is 0 Å². The number of fused-ring (bicyclic) bond motifs is 1. The maximum Gasteiger partial charge on any atom is 0.341 e. The van der Waals surface area contributed by atoms with Crippen molar-refractivity contribution in [2.45, 2.75) is 78.8 Å². The molecule has 0 unspecified atom stereocenters. The maximum absolute atomic E-state index is 13.1. The van der Waals surface area contributed by atoms with Gasteiger partial charge in [0.2, 0.25) is 5.91 Å². The number of amides is 1. The van der Waals surface area contributed by atoms with Gasteiger partial charge >= 0.3 is 5.97 Å². The van der Waals surface area contributed by atoms with Crippen molar-refractivity contribution < 1.29 is 14.3 Å². The Balaban J connectivity index is 1.73. The lowest BCUT2D eigenvalue weighted by molar-refractivity contribution is -0.120. The number of hydrogen-bond acceptors (Lipinski definition) is 5. The van der Waals surface area contributed by atoms with Gasteiger partial charge in [-0.3, -0.25) is 9.69 Å². The highest BCUT2D eigenvalue weighted by Gasteiger charge is 2.30. The summed E-state index contributed by atoms with van der Waals surface area (Å²) in [6.07, 6.45) is 2.86. The van der Waals surface area contributed by atoms with Crippen molar-refractivity contribution >= 4 is 28.2 Å². The van der Waals surface area contributed by atoms with E-state index in [9.17, 15) is 9.59 Å². The third-order valence-electron chi connectivity index (χ3n) is 6.52. The highest BCUT2D eigenvalue weighted by Crippen LogP contribution is 2.40. The summed E-state index contributed by atoms with van der Waals surface area (Å²) in [5, 5.41) is 3.69. The zero-order valence-corrected chi connectivity index (χ0v) is 21.9. The van der Waals surface area contributed by atoms with E-state index in [1.807, 2.05) is 25.8 Å². The second kappa shape index (κ2) is 10.4. The van der Waals surface area contributed by atoms with E-state index in [1.165, 1.54) is 21.8 Å². The van der Waals surface area contributed by atoms with Gasteiger partial charge in [0.1, 0.15) is 5.00 Å². The number of rotatable bonds is 7. The fourth-order valence-electron chi connectivity index (χ4n) is 4.21. The van der Waals surface area contributed by atoms with Crippen LogP contribution in [-0.4, -0.2) is 36.5 Å². The molecule has 2 atom stereocenters. The predicted octanol–water partition coefficient (Wildman–Crippen LogP) is 5.81. The van der Waals surface area contributed by atoms with E-state index in [-0.39, 0.29) is 23.3 Å². The van der Waals surface area contributed by atoms with Crippen molar-refractivity contribution in [3.05, 3.63) is 51.4 Å². The first-order chi connectivity index (χ1) is 15.5. The van der Waals surface area contributed by atoms with Crippen LogP contribution in [-0.2, 0) is 34.3 Å². The molecule has 1 aliphatic carbocycles. The monoisotopic (exact) mass is 470 g/mol. The van der Waals surface area contributed by atoms with Crippen molar-refractivity contribution in [2.75, 3.05) is 19.0 Å². The van der Waals surface area contributed by atoms with Crippen LogP contribution >= 0.6 is 11.3 Å². The first-order valence-corrected chi connectivity index (χ1v) is 12.7. The van der Waals surface area contributed by atoms with Crippen LogP contribution in [0, 0.1) is 5.92 Å². The molecule has 1 amide bonds. The van der Waals surface area contributed by atoms with Gasteiger partial charge in [-0.1, -0.05) is 52.0 Å². The Morgan fingerprint density at radius 1 is 1.24 bits per heavy atom. The predicted molar refractivity (Wildman–Crippen MR) is 136 cm³/mol. The van der Waals surface area contributed by atoms with Gasteiger partial charge in [0.05, 0.1) is 18.2 Å². The number of carbonyl (C=O) groups excluding carboxylic acids is 2. The van der Waals surface area contributed by atoms with Crippen LogP contribution in [0.2, 0.25) is 0 Å². The third kappa shape index (κ3) is 6.04. The number of thiophene rings is 1. The molecule has 33 heavy (non-hydrogen) atoms. The molecule has 0 radical (unpaired) electrons. The van der Waals surface area contributed by atoms with Crippen LogP contribution in [0.15, 0.2) is 24.3 Å². The average Bonchev–Trinajstić information content (AvgIpc) is 3.09. The standard InChI is InChI=1S/C27H38N2O3S/c1-8-32-26(31)23-21-14-9-17(2)15-22(21)33-25(23)28-24(30)18(3)29(7)16-19-10-12-20(13-11-19)27(4,5)6/h10-13,17-18H,8-9,14-16H2,1-7H3,(H,28,30)/t17-,18-/m1/s1. The van der Waals surface area contributed by atoms with E-state index < -0.39 is 0 Å². The molecule has 5 nitrogen and oxygen atoms in total. The number of carbonyl (C=O) groups is 2. The number of likely N-dealkylation sites (N-methyl/N-ethyl adjacent to an activating group) is 1. The second-order valence-corrected chi connectivity index (χ2v) is 11.4. The number of esters is 1. The summed E-state index contributed by atoms with van der Waals surface area (Å²) in [5.74, 6) is 0.144. The van der Waals surface area contributed by atoms with E-state index >= 15 is 0 Å². The topological polar surface area (TPSA) is 58.6 Å². The number of ether oxygens (including phenoxy) is 1. The van der Waals surface area contributed by atoms with Crippen LogP contribution in [0.3, 0.4) is 0 Å². The van der Waals surface area contributed by atoms with Gasteiger partial charge < -0.3 is 10.1 Å². The van der Waals surface area contributed by atoms with Crippen molar-refractivity contribution in [2.24, 2.45) is 5.92 Å². The first-order valence-electron chi connectivity index (χ1n) is 11.9. The second-order valence-electron chi connectivity index (χ2n) is 10.3. The largest absolute Gasteiger partial charge is 0.462 e. The van der Waals surface area contributed by atoms with Gasteiger partial charge in [0.15, 0.2) is 0 Å². The minimum atomic E-state index is -0.347. The minimum Gasteiger partial charge on any atom is -0.462 e. The lowest BCUT2D eigenvalue weighted by Crippen LogP contribution is -2.39. The summed E-state index contributed by atoms with van der Waals surface area (Å²) in [6, 6.07) is 8.25. The highest BCUT2D eigenvalue weighted by atomic mass is 32.1. The van der Waals surface area contributed by atoms with E-state index in [2.05, 4.69) is 57.3 Å². The van der Waals surface area contributed by atoms with Crippen LogP contribution in [0.5, 0.6) is 0 Å². The van der Waals surface area contributed by atoms with Gasteiger partial charge in [-0.05, 0) is 68.2 Å². The molecular weight excluding hydrogens is 432 g/mol. The molecule has 0 spiro atoms. The Morgan fingerprint density at radius 2 is 1.91 bits per heavy atom. The lowest BCUT2D eigenvalue weighted by Gasteiger charge is -2.24. The molecule has 180 valence electrons. The van der Waals surface area contributed by atoms with E-state index in [0.29, 0.717) is 29.6 Å². The Bertz CT molecular complexity index is 988. The van der Waals surface area contributed by atoms with Gasteiger partial charge in [-0.15, -0.1) is 11.3 Å². The molecule has 0 saturated carbocycles. The van der Waals surface area contributed by atoms with E-state index in [0.717, 1.165) is 30.4 Å². The summed E-state index contributed by atoms with van der Waals surface area (Å²) < 4.78 is 5.33. The molecule has 6 heteroatoms. The number of hydrogen-bond donors (Lipinski definition) is 1. The Morgan fingerprint density at radius 3 is 2.52 bits per heavy atom. The zero-order chi connectivity index (χ0) is 24.3. The van der Waals surface area contributed by atoms with Crippen LogP contribution in [0.1, 0.15) is 79.9 Å². The fraction of sp³-hybridized carbons (Fsp3) is 0.556. The molecule has 1 aromatic carbocycles. The average molecular weight is 471 g/mol. The molecule has 0 saturated heterocycles. The lowest BCUT2D eigenvalue weighted by atomic mass is 9.87. The molecule has 1 N–H and O–H groups in total. The van der Waals surface area contributed by atoms with Crippen molar-refractivity contribution in [3.8, 4) is 0 Å². The molecule has 2 aromatic rings. The summed E-state index contributed by atoms with van der Waals surface area (Å²) in [5.41, 5.74) is 4.20. The molecule has 0 aliphatic heterocycles. The van der Waals surface area contributed by atoms with Crippen molar-refractivity contribution in [3.63, 3.8) is 0 Å². The SMILES string of the molecule is CCOC(=O)c1c(NC(=O)[C@@H](C)N(C)Cc2ccc(C(C)(C)C)cc2)sc2c1CC[C@@H](C)C2. The number of nitrogens with zero attached hydrogens (tertiary/aromatic N) is 1. The maximum atomic E-state index is 13.1. The first kappa shape index (κ1) is 25.4. The molecule has 1 heterocycles. The summed E-state index contributed by atoms with van der Waals surface area (Å²) in [7, 11) is 1.95. The molecule has 3 rings (SSSR count). The molecule has 1 aromatic heterocycles. The smallest absolute Gasteiger partial charge is 0.341 e. The van der Waals surface area contributed by atoms with E-state index in [4.69, 9.17) is 4.74 Å². The van der Waals surface area contributed by atoms with Gasteiger partial charge in [0.25, 0.3) is 0 Å². The number of nitrogens with one attached hydrogen (secondary N) is 1. The third-order valence-corrected chi connectivity index (χ3v) is 7.69. The van der Waals surface area contributed by atoms with Crippen molar-refractivity contribution in [1.29, 1.82) is 0 Å². The Hall–Kier alpha value is -2.18. The van der Waals surface area contributed by atoms with Crippen LogP contribution in [0.4, 0.5) is 5.00 Å². The highest BCUT2D eigenvalue weighted by molar-refractivity contribution is 7.17. The fourth-order valence-corrected chi connectivity index (χ4v) is 5.61. The summed E-state index contributed by atoms with van der Waals surface area (Å²) >= 11 is 1.53. The molecule has 0 fully saturated rings. The number of anilines is 1.